The predicted molar refractivity (Wildman–Crippen MR) is 128 cm³/mol. The third-order valence-electron chi connectivity index (χ3n) is 5.31. The molecule has 1 amide bonds. The maximum Gasteiger partial charge on any atom is 0.343 e. The Morgan fingerprint density at radius 3 is 2.76 bits per heavy atom. The fourth-order valence-electron chi connectivity index (χ4n) is 3.59. The van der Waals surface area contributed by atoms with E-state index in [4.69, 9.17) is 4.74 Å². The number of pyridine rings is 2. The van der Waals surface area contributed by atoms with E-state index in [9.17, 15) is 14.4 Å². The zero-order chi connectivity index (χ0) is 23.8. The Hall–Kier alpha value is -3.71. The third kappa shape index (κ3) is 4.03. The predicted octanol–water partition coefficient (Wildman–Crippen LogP) is 2.25. The van der Waals surface area contributed by atoms with E-state index in [1.807, 2.05) is 11.8 Å². The molecule has 5 heterocycles. The number of rotatable bonds is 6. The van der Waals surface area contributed by atoms with Crippen molar-refractivity contribution in [3.8, 4) is 5.13 Å². The van der Waals surface area contributed by atoms with Gasteiger partial charge in [0.05, 0.1) is 17.9 Å². The molecule has 11 nitrogen and oxygen atoms in total. The summed E-state index contributed by atoms with van der Waals surface area (Å²) >= 11 is 2.54. The van der Waals surface area contributed by atoms with Crippen LogP contribution in [-0.2, 0) is 9.53 Å². The minimum Gasteiger partial charge on any atom is -0.462 e. The van der Waals surface area contributed by atoms with Crippen LogP contribution in [0.25, 0.3) is 16.2 Å². The van der Waals surface area contributed by atoms with Gasteiger partial charge in [0.2, 0.25) is 16.5 Å². The lowest BCUT2D eigenvalue weighted by atomic mass is 9.99. The van der Waals surface area contributed by atoms with E-state index in [0.29, 0.717) is 34.8 Å². The Balaban J connectivity index is 1.43. The second-order valence-electron chi connectivity index (χ2n) is 7.59. The summed E-state index contributed by atoms with van der Waals surface area (Å²) < 4.78 is 10.6. The van der Waals surface area contributed by atoms with Crippen molar-refractivity contribution < 1.29 is 14.3 Å². The van der Waals surface area contributed by atoms with E-state index in [1.54, 1.807) is 29.8 Å². The van der Waals surface area contributed by atoms with Gasteiger partial charge in [0.1, 0.15) is 17.7 Å². The third-order valence-corrected chi connectivity index (χ3v) is 6.81. The summed E-state index contributed by atoms with van der Waals surface area (Å²) in [7, 11) is 0. The van der Waals surface area contributed by atoms with Gasteiger partial charge in [-0.05, 0) is 26.0 Å². The number of amides is 1. The minimum absolute atomic E-state index is 0.0868. The van der Waals surface area contributed by atoms with Gasteiger partial charge in [-0.3, -0.25) is 14.2 Å². The number of ether oxygens (including phenoxy) is 1. The van der Waals surface area contributed by atoms with E-state index < -0.39 is 11.4 Å². The van der Waals surface area contributed by atoms with Crippen LogP contribution < -0.4 is 15.6 Å². The molecule has 174 valence electrons. The van der Waals surface area contributed by atoms with Crippen LogP contribution in [0.15, 0.2) is 35.6 Å². The first-order valence-electron chi connectivity index (χ1n) is 10.4. The lowest BCUT2D eigenvalue weighted by molar-refractivity contribution is -0.120. The summed E-state index contributed by atoms with van der Waals surface area (Å²) in [5.74, 6) is -0.374. The van der Waals surface area contributed by atoms with E-state index in [-0.39, 0.29) is 29.4 Å². The van der Waals surface area contributed by atoms with Gasteiger partial charge < -0.3 is 15.0 Å². The van der Waals surface area contributed by atoms with Crippen molar-refractivity contribution in [3.05, 3.63) is 51.5 Å². The molecule has 0 aromatic carbocycles. The normalized spacial score (nSPS) is 13.6. The summed E-state index contributed by atoms with van der Waals surface area (Å²) in [4.78, 5) is 53.9. The molecule has 0 radical (unpaired) electrons. The zero-order valence-corrected chi connectivity index (χ0v) is 19.9. The molecule has 0 bridgehead atoms. The second kappa shape index (κ2) is 8.91. The molecule has 13 heteroatoms. The van der Waals surface area contributed by atoms with Crippen LogP contribution in [-0.4, -0.2) is 55.5 Å². The molecule has 0 atom stereocenters. The topological polar surface area (TPSA) is 132 Å². The number of aromatic nitrogens is 5. The number of fused-ring (bicyclic) bond motifs is 1. The minimum atomic E-state index is -0.705. The highest BCUT2D eigenvalue weighted by atomic mass is 32.1. The maximum absolute atomic E-state index is 13.0. The molecule has 0 aliphatic carbocycles. The van der Waals surface area contributed by atoms with Gasteiger partial charge in [-0.2, -0.15) is 4.37 Å². The van der Waals surface area contributed by atoms with Crippen molar-refractivity contribution in [1.29, 1.82) is 0 Å². The lowest BCUT2D eigenvalue weighted by Gasteiger charge is -2.39. The average molecular weight is 498 g/mol. The molecular weight excluding hydrogens is 478 g/mol. The van der Waals surface area contributed by atoms with Crippen molar-refractivity contribution in [2.24, 2.45) is 5.92 Å². The van der Waals surface area contributed by atoms with Crippen LogP contribution in [0.3, 0.4) is 0 Å². The number of thiazole rings is 1. The summed E-state index contributed by atoms with van der Waals surface area (Å²) in [5.41, 5.74) is -0.219. The quantitative estimate of drug-likeness (QED) is 0.398. The Morgan fingerprint density at radius 2 is 2.09 bits per heavy atom. The summed E-state index contributed by atoms with van der Waals surface area (Å²) in [6, 6.07) is 3.34. The van der Waals surface area contributed by atoms with E-state index in [0.717, 1.165) is 16.4 Å². The van der Waals surface area contributed by atoms with Crippen LogP contribution >= 0.6 is 22.9 Å². The highest BCUT2D eigenvalue weighted by Gasteiger charge is 2.34. The van der Waals surface area contributed by atoms with E-state index >= 15 is 0 Å². The molecule has 0 unspecified atom stereocenters. The van der Waals surface area contributed by atoms with Crippen molar-refractivity contribution >= 4 is 56.7 Å². The number of carbonyl (C=O) groups excluding carboxylic acids is 2. The van der Waals surface area contributed by atoms with Gasteiger partial charge in [-0.25, -0.2) is 19.7 Å². The van der Waals surface area contributed by atoms with Crippen molar-refractivity contribution in [1.82, 2.24) is 23.9 Å². The Labute approximate surface area is 201 Å². The molecule has 1 fully saturated rings. The first-order chi connectivity index (χ1) is 16.4. The van der Waals surface area contributed by atoms with Crippen LogP contribution in [0.4, 0.5) is 10.9 Å². The van der Waals surface area contributed by atoms with Crippen LogP contribution in [0, 0.1) is 12.8 Å². The fraction of sp³-hybridized carbons (Fsp3) is 0.286. The molecule has 5 rings (SSSR count). The molecule has 1 aliphatic heterocycles. The second-order valence-corrected chi connectivity index (χ2v) is 9.59. The van der Waals surface area contributed by atoms with E-state index in [1.165, 1.54) is 23.9 Å². The molecule has 4 aromatic heterocycles. The smallest absolute Gasteiger partial charge is 0.343 e. The van der Waals surface area contributed by atoms with Crippen molar-refractivity contribution in [2.45, 2.75) is 13.8 Å². The van der Waals surface area contributed by atoms with Crippen LogP contribution in [0.5, 0.6) is 0 Å². The van der Waals surface area contributed by atoms with Gasteiger partial charge in [0, 0.05) is 41.9 Å². The summed E-state index contributed by atoms with van der Waals surface area (Å²) in [6.07, 6.45) is 4.50. The fourth-order valence-corrected chi connectivity index (χ4v) is 4.77. The van der Waals surface area contributed by atoms with Crippen molar-refractivity contribution in [3.63, 3.8) is 0 Å². The van der Waals surface area contributed by atoms with Gasteiger partial charge >= 0.3 is 5.97 Å². The molecule has 0 saturated carbocycles. The van der Waals surface area contributed by atoms with Crippen LogP contribution in [0.2, 0.25) is 0 Å². The Morgan fingerprint density at radius 1 is 1.26 bits per heavy atom. The van der Waals surface area contributed by atoms with Crippen LogP contribution in [0.1, 0.15) is 22.2 Å². The molecule has 34 heavy (non-hydrogen) atoms. The standard InChI is InChI=1S/C21H19N7O4S2/c1-3-32-19(31)14-9-28(21-23-10-24-34-21)17-13(16(14)29)4-5-15(25-17)27-7-12(8-27)18(30)26-20-22-6-11(2)33-20/h4-6,9-10,12H,3,7-8H2,1-2H3,(H,22,26,30). The number of hydrogen-bond donors (Lipinski definition) is 1. The molecule has 1 N–H and O–H groups in total. The van der Waals surface area contributed by atoms with Gasteiger partial charge in [0.15, 0.2) is 10.8 Å². The Kier molecular flexibility index (Phi) is 5.79. The number of esters is 1. The Bertz CT molecular complexity index is 1440. The summed E-state index contributed by atoms with van der Waals surface area (Å²) in [6.45, 7) is 4.73. The molecular formula is C21H19N7O4S2. The molecule has 0 spiro atoms. The van der Waals surface area contributed by atoms with Gasteiger partial charge in [-0.15, -0.1) is 11.3 Å². The number of carbonyl (C=O) groups is 2. The highest BCUT2D eigenvalue weighted by Crippen LogP contribution is 2.27. The molecule has 1 aliphatic rings. The number of anilines is 2. The molecule has 1 saturated heterocycles. The average Bonchev–Trinajstić information content (AvgIpc) is 3.45. The number of aryl methyl sites for hydroxylation is 1. The number of hydrogen-bond acceptors (Lipinski definition) is 11. The summed E-state index contributed by atoms with van der Waals surface area (Å²) in [5, 5.41) is 4.15. The van der Waals surface area contributed by atoms with E-state index in [2.05, 4.69) is 24.6 Å². The highest BCUT2D eigenvalue weighted by molar-refractivity contribution is 7.15. The first-order valence-corrected chi connectivity index (χ1v) is 12.0. The maximum atomic E-state index is 13.0. The number of nitrogens with zero attached hydrogens (tertiary/aromatic N) is 6. The monoisotopic (exact) mass is 497 g/mol. The van der Waals surface area contributed by atoms with Crippen molar-refractivity contribution in [2.75, 3.05) is 29.9 Å². The largest absolute Gasteiger partial charge is 0.462 e. The number of nitrogens with one attached hydrogen (secondary N) is 1. The van der Waals surface area contributed by atoms with Gasteiger partial charge in [-0.1, -0.05) is 0 Å². The SMILES string of the molecule is CCOC(=O)c1cn(-c2ncns2)c2nc(N3CC(C(=O)Nc4ncc(C)s4)C3)ccc2c1=O. The lowest BCUT2D eigenvalue weighted by Crippen LogP contribution is -2.52. The zero-order valence-electron chi connectivity index (χ0n) is 18.2. The first kappa shape index (κ1) is 22.1. The van der Waals surface area contributed by atoms with Gasteiger partial charge in [0.25, 0.3) is 0 Å². The molecule has 4 aromatic rings.